The number of aliphatic imine (C=N–C) groups is 1. The third-order valence-corrected chi connectivity index (χ3v) is 2.21. The number of carbonyl (C=O) groups excluding carboxylic acids is 2. The van der Waals surface area contributed by atoms with E-state index < -0.39 is 17.7 Å². The molecule has 6 nitrogen and oxygen atoms in total. The summed E-state index contributed by atoms with van der Waals surface area (Å²) >= 11 is 0. The summed E-state index contributed by atoms with van der Waals surface area (Å²) < 4.78 is 9.61. The second kappa shape index (κ2) is 6.18. The second-order valence-electron chi connectivity index (χ2n) is 5.05. The Morgan fingerprint density at radius 1 is 1.10 bits per heavy atom. The first-order valence-electron chi connectivity index (χ1n) is 5.99. The molecular formula is C14H18N2O4. The van der Waals surface area contributed by atoms with Gasteiger partial charge in [-0.1, -0.05) is 12.1 Å². The molecule has 0 aliphatic heterocycles. The summed E-state index contributed by atoms with van der Waals surface area (Å²) in [6.45, 7) is 5.21. The van der Waals surface area contributed by atoms with Gasteiger partial charge in [-0.3, -0.25) is 0 Å². The van der Waals surface area contributed by atoms with E-state index in [1.165, 1.54) is 7.11 Å². The summed E-state index contributed by atoms with van der Waals surface area (Å²) in [4.78, 5) is 26.4. The van der Waals surface area contributed by atoms with Gasteiger partial charge in [0, 0.05) is 5.56 Å². The van der Waals surface area contributed by atoms with E-state index in [9.17, 15) is 9.59 Å². The smallest absolute Gasteiger partial charge is 0.436 e. The highest BCUT2D eigenvalue weighted by Gasteiger charge is 2.16. The highest BCUT2D eigenvalue weighted by molar-refractivity contribution is 6.03. The van der Waals surface area contributed by atoms with Crippen LogP contribution in [0.4, 0.5) is 4.79 Å². The van der Waals surface area contributed by atoms with Gasteiger partial charge >= 0.3 is 12.1 Å². The first kappa shape index (κ1) is 15.7. The SMILES string of the molecule is COC(=O)c1ccc(C(N)=NC(=O)OC(C)(C)C)cc1. The normalized spacial score (nSPS) is 11.9. The molecule has 0 aliphatic carbocycles. The Morgan fingerprint density at radius 2 is 1.60 bits per heavy atom. The van der Waals surface area contributed by atoms with Crippen molar-refractivity contribution in [2.45, 2.75) is 26.4 Å². The van der Waals surface area contributed by atoms with Gasteiger partial charge in [-0.15, -0.1) is 0 Å². The fourth-order valence-electron chi connectivity index (χ4n) is 1.34. The fraction of sp³-hybridized carbons (Fsp3) is 0.357. The molecule has 108 valence electrons. The number of benzene rings is 1. The van der Waals surface area contributed by atoms with Crippen LogP contribution >= 0.6 is 0 Å². The van der Waals surface area contributed by atoms with Crippen molar-refractivity contribution in [2.24, 2.45) is 10.7 Å². The van der Waals surface area contributed by atoms with E-state index in [2.05, 4.69) is 9.73 Å². The lowest BCUT2D eigenvalue weighted by atomic mass is 10.1. The molecule has 0 radical (unpaired) electrons. The van der Waals surface area contributed by atoms with E-state index in [0.717, 1.165) is 0 Å². The summed E-state index contributed by atoms with van der Waals surface area (Å²) in [5, 5.41) is 0. The Balaban J connectivity index is 2.84. The molecule has 0 aromatic heterocycles. The van der Waals surface area contributed by atoms with Gasteiger partial charge in [0.05, 0.1) is 12.7 Å². The van der Waals surface area contributed by atoms with E-state index in [0.29, 0.717) is 11.1 Å². The molecule has 20 heavy (non-hydrogen) atoms. The number of hydrogen-bond donors (Lipinski definition) is 1. The minimum atomic E-state index is -0.757. The molecule has 0 spiro atoms. The second-order valence-corrected chi connectivity index (χ2v) is 5.05. The van der Waals surface area contributed by atoms with Crippen molar-refractivity contribution in [1.29, 1.82) is 0 Å². The largest absolute Gasteiger partial charge is 0.465 e. The summed E-state index contributed by atoms with van der Waals surface area (Å²) in [7, 11) is 1.30. The van der Waals surface area contributed by atoms with Crippen molar-refractivity contribution in [2.75, 3.05) is 7.11 Å². The van der Waals surface area contributed by atoms with Crippen LogP contribution in [0.2, 0.25) is 0 Å². The summed E-state index contributed by atoms with van der Waals surface area (Å²) in [5.74, 6) is -0.421. The van der Waals surface area contributed by atoms with E-state index >= 15 is 0 Å². The van der Waals surface area contributed by atoms with E-state index in [-0.39, 0.29) is 5.84 Å². The van der Waals surface area contributed by atoms with Crippen molar-refractivity contribution in [3.8, 4) is 0 Å². The van der Waals surface area contributed by atoms with Gasteiger partial charge in [0.25, 0.3) is 0 Å². The zero-order valence-electron chi connectivity index (χ0n) is 12.0. The van der Waals surface area contributed by atoms with Crippen molar-refractivity contribution in [3.63, 3.8) is 0 Å². The van der Waals surface area contributed by atoms with E-state index in [1.807, 2.05) is 0 Å². The van der Waals surface area contributed by atoms with Crippen LogP contribution in [-0.2, 0) is 9.47 Å². The number of nitrogens with two attached hydrogens (primary N) is 1. The molecule has 1 aromatic carbocycles. The van der Waals surface area contributed by atoms with Crippen molar-refractivity contribution in [1.82, 2.24) is 0 Å². The Bertz CT molecular complexity index is 527. The number of hydrogen-bond acceptors (Lipinski definition) is 4. The van der Waals surface area contributed by atoms with Gasteiger partial charge in [-0.25, -0.2) is 9.59 Å². The average molecular weight is 278 g/mol. The number of ether oxygens (including phenoxy) is 2. The van der Waals surface area contributed by atoms with Crippen LogP contribution in [0, 0.1) is 0 Å². The third-order valence-electron chi connectivity index (χ3n) is 2.21. The molecule has 1 rings (SSSR count). The maximum atomic E-state index is 11.5. The van der Waals surface area contributed by atoms with Gasteiger partial charge in [0.1, 0.15) is 11.4 Å². The number of amides is 1. The summed E-state index contributed by atoms with van der Waals surface area (Å²) in [6.07, 6.45) is -0.757. The Morgan fingerprint density at radius 3 is 2.05 bits per heavy atom. The third kappa shape index (κ3) is 4.72. The highest BCUT2D eigenvalue weighted by Crippen LogP contribution is 2.09. The fourth-order valence-corrected chi connectivity index (χ4v) is 1.34. The molecule has 0 saturated heterocycles. The van der Waals surface area contributed by atoms with E-state index in [1.54, 1.807) is 45.0 Å². The van der Waals surface area contributed by atoms with Crippen LogP contribution in [0.1, 0.15) is 36.7 Å². The van der Waals surface area contributed by atoms with Gasteiger partial charge in [-0.05, 0) is 32.9 Å². The minimum Gasteiger partial charge on any atom is -0.465 e. The predicted octanol–water partition coefficient (Wildman–Crippen LogP) is 2.11. The number of esters is 1. The first-order chi connectivity index (χ1) is 9.23. The number of amidine groups is 1. The van der Waals surface area contributed by atoms with Crippen LogP contribution in [0.15, 0.2) is 29.3 Å². The first-order valence-corrected chi connectivity index (χ1v) is 5.99. The van der Waals surface area contributed by atoms with Gasteiger partial charge in [0.15, 0.2) is 0 Å². The van der Waals surface area contributed by atoms with Crippen molar-refractivity contribution >= 4 is 17.9 Å². The maximum absolute atomic E-state index is 11.5. The van der Waals surface area contributed by atoms with Gasteiger partial charge in [-0.2, -0.15) is 4.99 Å². The van der Waals surface area contributed by atoms with Crippen LogP contribution in [0.25, 0.3) is 0 Å². The number of nitrogens with zero attached hydrogens (tertiary/aromatic N) is 1. The van der Waals surface area contributed by atoms with Crippen molar-refractivity contribution in [3.05, 3.63) is 35.4 Å². The summed E-state index contributed by atoms with van der Waals surface area (Å²) in [5.41, 5.74) is 5.98. The Hall–Kier alpha value is -2.37. The molecular weight excluding hydrogens is 260 g/mol. The Labute approximate surface area is 117 Å². The van der Waals surface area contributed by atoms with Gasteiger partial charge < -0.3 is 15.2 Å². The van der Waals surface area contributed by atoms with Crippen LogP contribution in [0.3, 0.4) is 0 Å². The molecule has 0 fully saturated rings. The maximum Gasteiger partial charge on any atom is 0.436 e. The van der Waals surface area contributed by atoms with Crippen LogP contribution in [0.5, 0.6) is 0 Å². The highest BCUT2D eigenvalue weighted by atomic mass is 16.6. The van der Waals surface area contributed by atoms with Crippen LogP contribution < -0.4 is 5.73 Å². The molecule has 0 atom stereocenters. The molecule has 0 bridgehead atoms. The molecule has 0 unspecified atom stereocenters. The lowest BCUT2D eigenvalue weighted by Crippen LogP contribution is -2.24. The standard InChI is InChI=1S/C14H18N2O4/c1-14(2,3)20-13(18)16-11(15)9-5-7-10(8-6-9)12(17)19-4/h5-8H,1-4H3,(H2,15,16,18). The molecule has 1 aromatic rings. The molecule has 1 amide bonds. The van der Waals surface area contributed by atoms with Gasteiger partial charge in [0.2, 0.25) is 0 Å². The minimum absolute atomic E-state index is 0.0238. The van der Waals surface area contributed by atoms with E-state index in [4.69, 9.17) is 10.5 Å². The zero-order valence-corrected chi connectivity index (χ0v) is 12.0. The topological polar surface area (TPSA) is 91.0 Å². The predicted molar refractivity (Wildman–Crippen MR) is 74.7 cm³/mol. The summed E-state index contributed by atoms with van der Waals surface area (Å²) in [6, 6.07) is 6.24. The zero-order chi connectivity index (χ0) is 15.3. The Kier molecular flexibility index (Phi) is 4.85. The lowest BCUT2D eigenvalue weighted by Gasteiger charge is -2.17. The quantitative estimate of drug-likeness (QED) is 0.508. The lowest BCUT2D eigenvalue weighted by molar-refractivity contribution is 0.0591. The molecule has 2 N–H and O–H groups in total. The molecule has 0 saturated carbocycles. The number of rotatable bonds is 2. The number of carbonyl (C=O) groups is 2. The molecule has 0 heterocycles. The number of methoxy groups -OCH3 is 1. The van der Waals surface area contributed by atoms with Crippen molar-refractivity contribution < 1.29 is 19.1 Å². The molecule has 0 aliphatic rings. The monoisotopic (exact) mass is 278 g/mol. The molecule has 6 heteroatoms. The van der Waals surface area contributed by atoms with Crippen LogP contribution in [-0.4, -0.2) is 30.6 Å². The average Bonchev–Trinajstić information content (AvgIpc) is 2.35.